The number of fused-ring (bicyclic) bond motifs is 1. The first-order valence-electron chi connectivity index (χ1n) is 11.0. The summed E-state index contributed by atoms with van der Waals surface area (Å²) in [7, 11) is -3.70. The molecule has 0 saturated heterocycles. The fourth-order valence-corrected chi connectivity index (χ4v) is 4.75. The first-order chi connectivity index (χ1) is 15.8. The molecule has 1 aliphatic rings. The summed E-state index contributed by atoms with van der Waals surface area (Å²) in [5.41, 5.74) is 2.04. The van der Waals surface area contributed by atoms with Crippen molar-refractivity contribution < 1.29 is 13.2 Å². The maximum Gasteiger partial charge on any atom is 0.285 e. The molecule has 2 heterocycles. The Balaban J connectivity index is 1.54. The van der Waals surface area contributed by atoms with Crippen molar-refractivity contribution in [2.24, 2.45) is 4.40 Å². The normalized spacial score (nSPS) is 14.9. The number of nitrogens with zero attached hydrogens (tertiary/aromatic N) is 3. The molecule has 0 spiro atoms. The number of amidine groups is 1. The molecule has 0 fully saturated rings. The first kappa shape index (κ1) is 23.7. The molecule has 9 heteroatoms. The van der Waals surface area contributed by atoms with Gasteiger partial charge in [-0.3, -0.25) is 4.79 Å². The molecule has 34 heavy (non-hydrogen) atoms. The van der Waals surface area contributed by atoms with E-state index in [1.54, 1.807) is 42.5 Å². The largest absolute Gasteiger partial charge is 0.339 e. The third-order valence-electron chi connectivity index (χ3n) is 5.40. The van der Waals surface area contributed by atoms with Crippen LogP contribution in [0.1, 0.15) is 63.2 Å². The van der Waals surface area contributed by atoms with Crippen LogP contribution in [0, 0.1) is 0 Å². The number of anilines is 2. The minimum atomic E-state index is -3.70. The summed E-state index contributed by atoms with van der Waals surface area (Å²) in [6.07, 6.45) is 0. The lowest BCUT2D eigenvalue weighted by Crippen LogP contribution is -2.27. The molecule has 1 aromatic heterocycles. The van der Waals surface area contributed by atoms with E-state index in [0.29, 0.717) is 22.6 Å². The Bertz CT molecular complexity index is 1390. The Hall–Kier alpha value is -3.46. The number of amides is 1. The predicted octanol–water partition coefficient (Wildman–Crippen LogP) is 4.75. The van der Waals surface area contributed by atoms with Crippen LogP contribution in [-0.4, -0.2) is 29.9 Å². The van der Waals surface area contributed by atoms with Gasteiger partial charge in [-0.15, -0.1) is 4.40 Å². The molecule has 1 amide bonds. The van der Waals surface area contributed by atoms with Crippen molar-refractivity contribution in [3.8, 4) is 0 Å². The van der Waals surface area contributed by atoms with Crippen LogP contribution in [0.4, 0.5) is 11.5 Å². The second-order valence-corrected chi connectivity index (χ2v) is 11.9. The molecule has 3 aromatic rings. The van der Waals surface area contributed by atoms with Gasteiger partial charge in [0.05, 0.1) is 11.2 Å². The number of sulfonamides is 1. The van der Waals surface area contributed by atoms with E-state index in [1.807, 2.05) is 31.5 Å². The van der Waals surface area contributed by atoms with Gasteiger partial charge in [-0.2, -0.15) is 13.5 Å². The zero-order valence-electron chi connectivity index (χ0n) is 20.2. The van der Waals surface area contributed by atoms with Gasteiger partial charge in [0.25, 0.3) is 15.9 Å². The highest BCUT2D eigenvalue weighted by molar-refractivity contribution is 7.90. The summed E-state index contributed by atoms with van der Waals surface area (Å²) in [6.45, 7) is 12.3. The maximum atomic E-state index is 13.0. The van der Waals surface area contributed by atoms with Crippen molar-refractivity contribution in [3.63, 3.8) is 0 Å². The third-order valence-corrected chi connectivity index (χ3v) is 6.73. The van der Waals surface area contributed by atoms with Crippen LogP contribution in [0.3, 0.4) is 0 Å². The molecule has 4 rings (SSSR count). The topological polar surface area (TPSA) is 105 Å². The van der Waals surface area contributed by atoms with Crippen LogP contribution in [-0.2, 0) is 21.0 Å². The van der Waals surface area contributed by atoms with Gasteiger partial charge in [0.2, 0.25) is 0 Å². The third kappa shape index (κ3) is 4.61. The average Bonchev–Trinajstić information content (AvgIpc) is 3.28. The Morgan fingerprint density at radius 2 is 1.59 bits per heavy atom. The van der Waals surface area contributed by atoms with Gasteiger partial charge < -0.3 is 10.6 Å². The van der Waals surface area contributed by atoms with Gasteiger partial charge >= 0.3 is 0 Å². The van der Waals surface area contributed by atoms with Crippen molar-refractivity contribution in [1.82, 2.24) is 9.78 Å². The molecule has 8 nitrogen and oxygen atoms in total. The number of nitrogens with one attached hydrogen (secondary N) is 2. The van der Waals surface area contributed by atoms with Crippen molar-refractivity contribution in [3.05, 3.63) is 71.4 Å². The Kier molecular flexibility index (Phi) is 5.64. The molecule has 2 N–H and O–H groups in total. The number of hydrogen-bond donors (Lipinski definition) is 2. The molecule has 1 aliphatic heterocycles. The van der Waals surface area contributed by atoms with Crippen molar-refractivity contribution >= 4 is 33.3 Å². The van der Waals surface area contributed by atoms with Crippen LogP contribution >= 0.6 is 0 Å². The Labute approximate surface area is 200 Å². The maximum absolute atomic E-state index is 13.0. The molecule has 0 bridgehead atoms. The zero-order chi connectivity index (χ0) is 24.9. The Morgan fingerprint density at radius 3 is 2.21 bits per heavy atom. The molecule has 0 unspecified atom stereocenters. The molecular weight excluding hydrogens is 450 g/mol. The average molecular weight is 480 g/mol. The van der Waals surface area contributed by atoms with Gasteiger partial charge in [-0.1, -0.05) is 32.9 Å². The summed E-state index contributed by atoms with van der Waals surface area (Å²) < 4.78 is 30.2. The summed E-state index contributed by atoms with van der Waals surface area (Å²) >= 11 is 0. The monoisotopic (exact) mass is 479 g/mol. The number of carbonyl (C=O) groups excluding carboxylic acids is 1. The van der Waals surface area contributed by atoms with Crippen molar-refractivity contribution in [2.45, 2.75) is 57.4 Å². The fourth-order valence-electron chi connectivity index (χ4n) is 3.57. The van der Waals surface area contributed by atoms with Crippen LogP contribution in [0.2, 0.25) is 0 Å². The van der Waals surface area contributed by atoms with E-state index in [4.69, 9.17) is 5.10 Å². The highest BCUT2D eigenvalue weighted by Crippen LogP contribution is 2.29. The predicted molar refractivity (Wildman–Crippen MR) is 134 cm³/mol. The number of hydrogen-bond acceptors (Lipinski definition) is 5. The van der Waals surface area contributed by atoms with Crippen LogP contribution in [0.15, 0.2) is 63.9 Å². The van der Waals surface area contributed by atoms with Gasteiger partial charge in [0.1, 0.15) is 10.7 Å². The molecule has 2 aromatic carbocycles. The van der Waals surface area contributed by atoms with Gasteiger partial charge in [0, 0.05) is 28.3 Å². The SMILES string of the molecule is CC(C)(C)c1cc(NC(=O)c2ccc(NC3=NS(=O)(=O)c4ccccc43)cc2)n(C(C)(C)C)n1. The van der Waals surface area contributed by atoms with E-state index in [9.17, 15) is 13.2 Å². The summed E-state index contributed by atoms with van der Waals surface area (Å²) in [5.74, 6) is 0.631. The minimum Gasteiger partial charge on any atom is -0.339 e. The molecule has 0 aliphatic carbocycles. The Morgan fingerprint density at radius 1 is 0.941 bits per heavy atom. The van der Waals surface area contributed by atoms with Gasteiger partial charge in [-0.25, -0.2) is 4.68 Å². The lowest BCUT2D eigenvalue weighted by molar-refractivity contribution is 0.102. The quantitative estimate of drug-likeness (QED) is 0.564. The van der Waals surface area contributed by atoms with Crippen molar-refractivity contribution in [1.29, 1.82) is 0 Å². The molecule has 0 saturated carbocycles. The number of aromatic nitrogens is 2. The number of rotatable bonds is 3. The van der Waals surface area contributed by atoms with Gasteiger partial charge in [-0.05, 0) is 57.2 Å². The lowest BCUT2D eigenvalue weighted by Gasteiger charge is -2.23. The lowest BCUT2D eigenvalue weighted by atomic mass is 9.92. The smallest absolute Gasteiger partial charge is 0.285 e. The molecule has 178 valence electrons. The van der Waals surface area contributed by atoms with E-state index < -0.39 is 10.0 Å². The van der Waals surface area contributed by atoms with Crippen LogP contribution in [0.5, 0.6) is 0 Å². The second-order valence-electron chi connectivity index (χ2n) is 10.3. The summed E-state index contributed by atoms with van der Waals surface area (Å²) in [6, 6.07) is 15.4. The van der Waals surface area contributed by atoms with E-state index in [1.165, 1.54) is 6.07 Å². The van der Waals surface area contributed by atoms with Gasteiger partial charge in [0.15, 0.2) is 5.84 Å². The number of benzene rings is 2. The summed E-state index contributed by atoms with van der Waals surface area (Å²) in [5, 5.41) is 10.8. The highest BCUT2D eigenvalue weighted by Gasteiger charge is 2.29. The minimum absolute atomic E-state index is 0.154. The van der Waals surface area contributed by atoms with E-state index in [0.717, 1.165) is 5.69 Å². The van der Waals surface area contributed by atoms with E-state index in [-0.39, 0.29) is 27.6 Å². The zero-order valence-corrected chi connectivity index (χ0v) is 21.0. The number of carbonyl (C=O) groups is 1. The standard InChI is InChI=1S/C25H29N5O3S/c1-24(2,3)20-15-21(30(28-20)25(4,5)6)27-23(31)16-11-13-17(14-12-16)26-22-18-9-7-8-10-19(18)34(32,33)29-22/h7-15H,1-6H3,(H,26,29)(H,27,31). The highest BCUT2D eigenvalue weighted by atomic mass is 32.2. The molecule has 0 atom stereocenters. The summed E-state index contributed by atoms with van der Waals surface area (Å²) in [4.78, 5) is 13.2. The first-order valence-corrected chi connectivity index (χ1v) is 12.4. The van der Waals surface area contributed by atoms with Crippen LogP contribution in [0.25, 0.3) is 0 Å². The van der Waals surface area contributed by atoms with Crippen LogP contribution < -0.4 is 10.6 Å². The molecule has 0 radical (unpaired) electrons. The van der Waals surface area contributed by atoms with E-state index in [2.05, 4.69) is 35.8 Å². The second kappa shape index (κ2) is 8.09. The molecular formula is C25H29N5O3S. The van der Waals surface area contributed by atoms with E-state index >= 15 is 0 Å². The fraction of sp³-hybridized carbons (Fsp3) is 0.320. The van der Waals surface area contributed by atoms with Crippen molar-refractivity contribution in [2.75, 3.05) is 10.6 Å².